The van der Waals surface area contributed by atoms with Gasteiger partial charge in [0.15, 0.2) is 0 Å². The van der Waals surface area contributed by atoms with E-state index >= 15 is 0 Å². The van der Waals surface area contributed by atoms with Gasteiger partial charge in [-0.25, -0.2) is 4.90 Å². The Morgan fingerprint density at radius 1 is 1.05 bits per heavy atom. The van der Waals surface area contributed by atoms with Gasteiger partial charge in [-0.2, -0.15) is 0 Å². The third kappa shape index (κ3) is 2.20. The number of halogens is 1. The third-order valence-corrected chi connectivity index (χ3v) is 4.10. The van der Waals surface area contributed by atoms with Gasteiger partial charge in [-0.15, -0.1) is 0 Å². The van der Waals surface area contributed by atoms with Gasteiger partial charge in [0, 0.05) is 6.04 Å². The molecule has 1 saturated carbocycles. The van der Waals surface area contributed by atoms with E-state index < -0.39 is 5.91 Å². The first-order valence-electron chi connectivity index (χ1n) is 6.78. The van der Waals surface area contributed by atoms with Crippen LogP contribution in [0.4, 0.5) is 5.69 Å². The smallest absolute Gasteiger partial charge is 0.283 e. The number of hydrogen-bond donors (Lipinski definition) is 1. The minimum absolute atomic E-state index is 0.00856. The average Bonchev–Trinajstić information content (AvgIpc) is 3.04. The molecule has 5 heteroatoms. The van der Waals surface area contributed by atoms with Crippen LogP contribution < -0.4 is 10.2 Å². The van der Waals surface area contributed by atoms with E-state index in [1.807, 2.05) is 6.07 Å². The minimum Gasteiger partial charge on any atom is -0.376 e. The summed E-state index contributed by atoms with van der Waals surface area (Å²) in [5.41, 5.74) is 0.788. The van der Waals surface area contributed by atoms with Crippen molar-refractivity contribution in [3.05, 3.63) is 41.1 Å². The lowest BCUT2D eigenvalue weighted by molar-refractivity contribution is -0.120. The summed E-state index contributed by atoms with van der Waals surface area (Å²) in [6, 6.07) is 9.09. The number of carbonyl (C=O) groups excluding carboxylic acids is 2. The van der Waals surface area contributed by atoms with Crippen LogP contribution in [-0.4, -0.2) is 17.9 Å². The lowest BCUT2D eigenvalue weighted by Crippen LogP contribution is -2.35. The number of rotatable bonds is 3. The third-order valence-electron chi connectivity index (χ3n) is 3.75. The molecule has 1 aromatic rings. The Bertz CT molecular complexity index is 577. The van der Waals surface area contributed by atoms with Gasteiger partial charge in [0.05, 0.1) is 5.69 Å². The number of nitrogens with one attached hydrogen (secondary N) is 1. The number of carbonyl (C=O) groups is 2. The Morgan fingerprint density at radius 3 is 2.35 bits per heavy atom. The average molecular weight is 291 g/mol. The number of benzene rings is 1. The van der Waals surface area contributed by atoms with E-state index in [-0.39, 0.29) is 22.7 Å². The van der Waals surface area contributed by atoms with Crippen LogP contribution in [0.15, 0.2) is 41.1 Å². The molecular weight excluding hydrogens is 276 g/mol. The topological polar surface area (TPSA) is 49.4 Å². The molecule has 0 bridgehead atoms. The Balaban J connectivity index is 1.85. The Labute approximate surface area is 122 Å². The van der Waals surface area contributed by atoms with Gasteiger partial charge in [-0.3, -0.25) is 9.59 Å². The van der Waals surface area contributed by atoms with Crippen molar-refractivity contribution in [1.82, 2.24) is 5.32 Å². The fourth-order valence-electron chi connectivity index (χ4n) is 2.71. The van der Waals surface area contributed by atoms with Gasteiger partial charge in [0.1, 0.15) is 10.7 Å². The normalized spacial score (nSPS) is 20.1. The quantitative estimate of drug-likeness (QED) is 0.870. The molecule has 0 spiro atoms. The van der Waals surface area contributed by atoms with E-state index in [2.05, 4.69) is 5.32 Å². The van der Waals surface area contributed by atoms with E-state index in [1.165, 1.54) is 0 Å². The molecule has 0 radical (unpaired) electrons. The van der Waals surface area contributed by atoms with E-state index in [4.69, 9.17) is 11.6 Å². The van der Waals surface area contributed by atoms with Crippen molar-refractivity contribution in [2.45, 2.75) is 31.7 Å². The first-order valence-corrected chi connectivity index (χ1v) is 7.16. The lowest BCUT2D eigenvalue weighted by atomic mass is 10.2. The molecule has 0 saturated heterocycles. The van der Waals surface area contributed by atoms with Crippen molar-refractivity contribution in [1.29, 1.82) is 0 Å². The number of amides is 2. The molecule has 1 aliphatic heterocycles. The summed E-state index contributed by atoms with van der Waals surface area (Å²) in [6.07, 6.45) is 4.32. The lowest BCUT2D eigenvalue weighted by Gasteiger charge is -2.16. The second kappa shape index (κ2) is 5.29. The zero-order valence-corrected chi connectivity index (χ0v) is 11.7. The summed E-state index contributed by atoms with van der Waals surface area (Å²) >= 11 is 6.05. The van der Waals surface area contributed by atoms with Crippen molar-refractivity contribution in [3.8, 4) is 0 Å². The standard InChI is InChI=1S/C15H15ClN2O2/c16-12-13(17-10-6-4-5-7-10)15(20)18(14(12)19)11-8-2-1-3-9-11/h1-3,8-10,17H,4-7H2. The van der Waals surface area contributed by atoms with Gasteiger partial charge in [-0.1, -0.05) is 42.6 Å². The van der Waals surface area contributed by atoms with Crippen molar-refractivity contribution in [2.75, 3.05) is 4.90 Å². The van der Waals surface area contributed by atoms with Crippen LogP contribution in [0.5, 0.6) is 0 Å². The molecule has 2 aliphatic rings. The van der Waals surface area contributed by atoms with Crippen LogP contribution in [-0.2, 0) is 9.59 Å². The van der Waals surface area contributed by atoms with Gasteiger partial charge in [0.2, 0.25) is 0 Å². The Kier molecular flexibility index (Phi) is 3.49. The second-order valence-corrected chi connectivity index (χ2v) is 5.47. The summed E-state index contributed by atoms with van der Waals surface area (Å²) in [4.78, 5) is 25.7. The second-order valence-electron chi connectivity index (χ2n) is 5.10. The van der Waals surface area contributed by atoms with Crippen LogP contribution in [0.2, 0.25) is 0 Å². The van der Waals surface area contributed by atoms with Gasteiger partial charge >= 0.3 is 0 Å². The zero-order valence-electron chi connectivity index (χ0n) is 10.9. The molecule has 1 aromatic carbocycles. The number of para-hydroxylation sites is 1. The number of anilines is 1. The summed E-state index contributed by atoms with van der Waals surface area (Å²) in [7, 11) is 0. The van der Waals surface area contributed by atoms with Gasteiger partial charge in [-0.05, 0) is 25.0 Å². The summed E-state index contributed by atoms with van der Waals surface area (Å²) in [6.45, 7) is 0. The highest BCUT2D eigenvalue weighted by molar-refractivity contribution is 6.52. The maximum atomic E-state index is 12.4. The predicted octanol–water partition coefficient (Wildman–Crippen LogP) is 2.54. The largest absolute Gasteiger partial charge is 0.376 e. The first kappa shape index (κ1) is 13.2. The number of hydrogen-bond acceptors (Lipinski definition) is 3. The molecule has 20 heavy (non-hydrogen) atoms. The highest BCUT2D eigenvalue weighted by Crippen LogP contribution is 2.29. The molecule has 0 unspecified atom stereocenters. The number of nitrogens with zero attached hydrogens (tertiary/aromatic N) is 1. The molecule has 104 valence electrons. The van der Waals surface area contributed by atoms with Crippen LogP contribution >= 0.6 is 11.6 Å². The van der Waals surface area contributed by atoms with E-state index in [0.29, 0.717) is 5.69 Å². The maximum Gasteiger partial charge on any atom is 0.283 e. The molecule has 0 aromatic heterocycles. The maximum absolute atomic E-state index is 12.4. The summed E-state index contributed by atoms with van der Waals surface area (Å²) in [5, 5.41) is 3.13. The molecule has 0 atom stereocenters. The van der Waals surface area contributed by atoms with Gasteiger partial charge < -0.3 is 5.32 Å². The fraction of sp³-hybridized carbons (Fsp3) is 0.333. The monoisotopic (exact) mass is 290 g/mol. The molecule has 1 fully saturated rings. The number of imide groups is 1. The molecule has 3 rings (SSSR count). The van der Waals surface area contributed by atoms with Crippen LogP contribution in [0.25, 0.3) is 0 Å². The molecule has 1 heterocycles. The summed E-state index contributed by atoms with van der Waals surface area (Å²) in [5.74, 6) is -0.818. The van der Waals surface area contributed by atoms with E-state index in [1.54, 1.807) is 24.3 Å². The Hall–Kier alpha value is -1.81. The highest BCUT2D eigenvalue weighted by Gasteiger charge is 2.39. The van der Waals surface area contributed by atoms with Crippen molar-refractivity contribution in [3.63, 3.8) is 0 Å². The molecule has 2 amide bonds. The molecule has 4 nitrogen and oxygen atoms in total. The first-order chi connectivity index (χ1) is 9.68. The fourth-order valence-corrected chi connectivity index (χ4v) is 2.93. The van der Waals surface area contributed by atoms with E-state index in [0.717, 1.165) is 30.6 Å². The van der Waals surface area contributed by atoms with Crippen LogP contribution in [0.1, 0.15) is 25.7 Å². The van der Waals surface area contributed by atoms with Crippen molar-refractivity contribution >= 4 is 29.1 Å². The minimum atomic E-state index is -0.455. The summed E-state index contributed by atoms with van der Waals surface area (Å²) < 4.78 is 0. The van der Waals surface area contributed by atoms with Crippen molar-refractivity contribution in [2.24, 2.45) is 0 Å². The van der Waals surface area contributed by atoms with Gasteiger partial charge in [0.25, 0.3) is 11.8 Å². The SMILES string of the molecule is O=C1C(Cl)=C(NC2CCCC2)C(=O)N1c1ccccc1. The van der Waals surface area contributed by atoms with Crippen molar-refractivity contribution < 1.29 is 9.59 Å². The highest BCUT2D eigenvalue weighted by atomic mass is 35.5. The predicted molar refractivity (Wildman–Crippen MR) is 77.2 cm³/mol. The molecule has 1 aliphatic carbocycles. The molecular formula is C15H15ClN2O2. The van der Waals surface area contributed by atoms with Crippen LogP contribution in [0.3, 0.4) is 0 Å². The van der Waals surface area contributed by atoms with Crippen LogP contribution in [0, 0.1) is 0 Å². The Morgan fingerprint density at radius 2 is 1.70 bits per heavy atom. The van der Waals surface area contributed by atoms with E-state index in [9.17, 15) is 9.59 Å². The molecule has 1 N–H and O–H groups in total. The zero-order chi connectivity index (χ0) is 14.1.